The molecule has 0 fully saturated rings. The molecule has 2 unspecified atom stereocenters. The molecule has 0 spiro atoms. The van der Waals surface area contributed by atoms with E-state index >= 15 is 0 Å². The van der Waals surface area contributed by atoms with Crippen LogP contribution in [0.3, 0.4) is 0 Å². The summed E-state index contributed by atoms with van der Waals surface area (Å²) in [5.74, 6) is -0.524. The summed E-state index contributed by atoms with van der Waals surface area (Å²) in [6, 6.07) is 0. The van der Waals surface area contributed by atoms with Crippen LogP contribution in [0.4, 0.5) is 0 Å². The number of phosphoric acid groups is 1. The maximum absolute atomic E-state index is 11.9. The molecule has 3 N–H and O–H groups in total. The molecule has 0 aromatic carbocycles. The second kappa shape index (κ2) is 25.3. The highest BCUT2D eigenvalue weighted by molar-refractivity contribution is 7.47. The first kappa shape index (κ1) is 36.0. The van der Waals surface area contributed by atoms with Crippen LogP contribution < -0.4 is 5.32 Å². The fraction of sp³-hybridized carbons (Fsp3) is 0.926. The van der Waals surface area contributed by atoms with Gasteiger partial charge in [0.15, 0.2) is 0 Å². The quantitative estimate of drug-likeness (QED) is 0.0624. The van der Waals surface area contributed by atoms with E-state index in [1.807, 2.05) is 0 Å². The van der Waals surface area contributed by atoms with Crippen LogP contribution in [0.1, 0.15) is 129 Å². The van der Waals surface area contributed by atoms with Crippen molar-refractivity contribution in [2.24, 2.45) is 0 Å². The number of hydrogen-bond donors (Lipinski definition) is 3. The second-order valence-corrected chi connectivity index (χ2v) is 11.2. The number of rotatable bonds is 27. The van der Waals surface area contributed by atoms with Gasteiger partial charge in [-0.25, -0.2) is 4.57 Å². The Morgan fingerprint density at radius 3 is 1.76 bits per heavy atom. The molecule has 0 aromatic rings. The molecule has 37 heavy (non-hydrogen) atoms. The minimum atomic E-state index is -4.38. The molecule has 0 rings (SSSR count). The van der Waals surface area contributed by atoms with Crippen molar-refractivity contribution in [2.75, 3.05) is 26.4 Å². The van der Waals surface area contributed by atoms with E-state index < -0.39 is 26.5 Å². The number of unbranched alkanes of at least 4 members (excludes halogenated alkanes) is 14. The molecule has 0 radical (unpaired) electrons. The molecule has 0 aliphatic carbocycles. The van der Waals surface area contributed by atoms with Gasteiger partial charge >= 0.3 is 13.8 Å². The SMILES string of the molecule is CCCCCCCCCCC(=O)NCCOP(=O)(O)OCC(O)COC(=O)CCCCCCCCCC. The Kier molecular flexibility index (Phi) is 24.6. The van der Waals surface area contributed by atoms with E-state index in [4.69, 9.17) is 13.8 Å². The normalized spacial score (nSPS) is 13.7. The van der Waals surface area contributed by atoms with Crippen molar-refractivity contribution < 1.29 is 37.9 Å². The Morgan fingerprint density at radius 2 is 1.22 bits per heavy atom. The van der Waals surface area contributed by atoms with E-state index in [-0.39, 0.29) is 32.1 Å². The summed E-state index contributed by atoms with van der Waals surface area (Å²) in [6.07, 6.45) is 17.7. The Morgan fingerprint density at radius 1 is 0.730 bits per heavy atom. The van der Waals surface area contributed by atoms with Crippen LogP contribution in [0, 0.1) is 0 Å². The van der Waals surface area contributed by atoms with Gasteiger partial charge in [-0.3, -0.25) is 18.6 Å². The monoisotopic (exact) mass is 551 g/mol. The largest absolute Gasteiger partial charge is 0.472 e. The highest BCUT2D eigenvalue weighted by Crippen LogP contribution is 2.42. The van der Waals surface area contributed by atoms with Crippen molar-refractivity contribution in [2.45, 2.75) is 136 Å². The molecule has 0 heterocycles. The molecule has 0 saturated carbocycles. The number of phosphoric ester groups is 1. The van der Waals surface area contributed by atoms with Crippen LogP contribution in [-0.4, -0.2) is 54.3 Å². The van der Waals surface area contributed by atoms with Crippen LogP contribution >= 0.6 is 7.82 Å². The molecule has 0 aliphatic heterocycles. The van der Waals surface area contributed by atoms with Gasteiger partial charge < -0.3 is 20.1 Å². The lowest BCUT2D eigenvalue weighted by Crippen LogP contribution is -2.27. The minimum absolute atomic E-state index is 0.0860. The van der Waals surface area contributed by atoms with Gasteiger partial charge in [0.2, 0.25) is 5.91 Å². The summed E-state index contributed by atoms with van der Waals surface area (Å²) in [4.78, 5) is 33.3. The highest BCUT2D eigenvalue weighted by Gasteiger charge is 2.23. The van der Waals surface area contributed by atoms with E-state index in [9.17, 15) is 24.2 Å². The lowest BCUT2D eigenvalue weighted by molar-refractivity contribution is -0.147. The summed E-state index contributed by atoms with van der Waals surface area (Å²) in [5.41, 5.74) is 0. The molecule has 0 bridgehead atoms. The lowest BCUT2D eigenvalue weighted by atomic mass is 10.1. The van der Waals surface area contributed by atoms with Crippen molar-refractivity contribution in [1.29, 1.82) is 0 Å². The highest BCUT2D eigenvalue weighted by atomic mass is 31.2. The van der Waals surface area contributed by atoms with Crippen LogP contribution in [0.5, 0.6) is 0 Å². The minimum Gasteiger partial charge on any atom is -0.463 e. The standard InChI is InChI=1S/C27H54NO8P/c1-3-5-7-9-11-13-15-17-19-26(30)28-21-22-35-37(32,33)36-24-25(29)23-34-27(31)20-18-16-14-12-10-8-6-4-2/h25,29H,3-24H2,1-2H3,(H,28,30)(H,32,33). The number of hydrogen-bond acceptors (Lipinski definition) is 7. The van der Waals surface area contributed by atoms with E-state index in [1.165, 1.54) is 64.2 Å². The fourth-order valence-electron chi connectivity index (χ4n) is 3.79. The van der Waals surface area contributed by atoms with Gasteiger partial charge in [0.05, 0.1) is 13.2 Å². The third-order valence-electron chi connectivity index (χ3n) is 6.04. The molecule has 1 amide bonds. The molecular weight excluding hydrogens is 497 g/mol. The van der Waals surface area contributed by atoms with Gasteiger partial charge in [-0.1, -0.05) is 104 Å². The molecule has 9 nitrogen and oxygen atoms in total. The average molecular weight is 552 g/mol. The molecular formula is C27H54NO8P. The van der Waals surface area contributed by atoms with E-state index in [0.29, 0.717) is 6.42 Å². The lowest BCUT2D eigenvalue weighted by Gasteiger charge is -2.15. The summed E-state index contributed by atoms with van der Waals surface area (Å²) in [6.45, 7) is 3.45. The number of ether oxygens (including phenoxy) is 1. The van der Waals surface area contributed by atoms with Crippen LogP contribution in [0.25, 0.3) is 0 Å². The smallest absolute Gasteiger partial charge is 0.463 e. The Balaban J connectivity index is 3.69. The number of carbonyl (C=O) groups excluding carboxylic acids is 2. The van der Waals surface area contributed by atoms with Crippen molar-refractivity contribution in [3.8, 4) is 0 Å². The molecule has 0 aliphatic rings. The Bertz CT molecular complexity index is 605. The predicted molar refractivity (Wildman–Crippen MR) is 146 cm³/mol. The summed E-state index contributed by atoms with van der Waals surface area (Å²) in [5, 5.41) is 12.5. The third kappa shape index (κ3) is 26.4. The number of esters is 1. The maximum Gasteiger partial charge on any atom is 0.472 e. The summed E-state index contributed by atoms with van der Waals surface area (Å²) in [7, 11) is -4.38. The number of aliphatic hydroxyl groups is 1. The fourth-order valence-corrected chi connectivity index (χ4v) is 4.55. The first-order chi connectivity index (χ1) is 17.8. The predicted octanol–water partition coefficient (Wildman–Crippen LogP) is 6.20. The van der Waals surface area contributed by atoms with E-state index in [0.717, 1.165) is 38.5 Å². The third-order valence-corrected chi connectivity index (χ3v) is 7.02. The van der Waals surface area contributed by atoms with E-state index in [2.05, 4.69) is 19.2 Å². The number of aliphatic hydroxyl groups excluding tert-OH is 1. The zero-order valence-corrected chi connectivity index (χ0v) is 24.3. The van der Waals surface area contributed by atoms with Gasteiger partial charge in [0.25, 0.3) is 0 Å². The van der Waals surface area contributed by atoms with Gasteiger partial charge in [0.1, 0.15) is 12.7 Å². The second-order valence-electron chi connectivity index (χ2n) is 9.73. The first-order valence-corrected chi connectivity index (χ1v) is 16.0. The van der Waals surface area contributed by atoms with Crippen molar-refractivity contribution in [3.05, 3.63) is 0 Å². The number of carbonyl (C=O) groups is 2. The molecule has 0 saturated heterocycles. The zero-order valence-electron chi connectivity index (χ0n) is 23.4. The van der Waals surface area contributed by atoms with Gasteiger partial charge in [-0.05, 0) is 12.8 Å². The molecule has 220 valence electrons. The maximum atomic E-state index is 11.9. The first-order valence-electron chi connectivity index (χ1n) is 14.5. The summed E-state index contributed by atoms with van der Waals surface area (Å²) >= 11 is 0. The Labute approximate surface area is 225 Å². The van der Waals surface area contributed by atoms with Gasteiger partial charge in [0, 0.05) is 19.4 Å². The van der Waals surface area contributed by atoms with Crippen molar-refractivity contribution in [1.82, 2.24) is 5.32 Å². The van der Waals surface area contributed by atoms with Crippen molar-refractivity contribution >= 4 is 19.7 Å². The Hall–Kier alpha value is -0.990. The van der Waals surface area contributed by atoms with E-state index in [1.54, 1.807) is 0 Å². The van der Waals surface area contributed by atoms with Crippen LogP contribution in [0.2, 0.25) is 0 Å². The summed E-state index contributed by atoms with van der Waals surface area (Å²) < 4.78 is 26.5. The molecule has 10 heteroatoms. The topological polar surface area (TPSA) is 131 Å². The van der Waals surface area contributed by atoms with Crippen LogP contribution in [0.15, 0.2) is 0 Å². The van der Waals surface area contributed by atoms with Gasteiger partial charge in [-0.15, -0.1) is 0 Å². The van der Waals surface area contributed by atoms with Crippen LogP contribution in [-0.2, 0) is 27.9 Å². The zero-order chi connectivity index (χ0) is 27.6. The van der Waals surface area contributed by atoms with Crippen molar-refractivity contribution in [3.63, 3.8) is 0 Å². The number of amides is 1. The molecule has 0 aromatic heterocycles. The van der Waals surface area contributed by atoms with Gasteiger partial charge in [-0.2, -0.15) is 0 Å². The average Bonchev–Trinajstić information content (AvgIpc) is 2.87. The molecule has 2 atom stereocenters. The number of nitrogens with one attached hydrogen (secondary N) is 1.